The van der Waals surface area contributed by atoms with E-state index >= 15 is 0 Å². The number of rotatable bonds is 3. The van der Waals surface area contributed by atoms with E-state index < -0.39 is 0 Å². The minimum atomic E-state index is 0.0432. The number of allylic oxidation sites excluding steroid dienone is 1. The van der Waals surface area contributed by atoms with Gasteiger partial charge in [-0.25, -0.2) is 0 Å². The summed E-state index contributed by atoms with van der Waals surface area (Å²) < 4.78 is 0. The monoisotopic (exact) mass is 305 g/mol. The number of likely N-dealkylation sites (N-methyl/N-ethyl adjacent to an activating group) is 1. The van der Waals surface area contributed by atoms with E-state index in [0.717, 1.165) is 11.3 Å². The first-order valence-electron chi connectivity index (χ1n) is 7.89. The maximum Gasteiger partial charge on any atom is 0.0561 e. The maximum absolute atomic E-state index is 4.33. The van der Waals surface area contributed by atoms with Gasteiger partial charge < -0.3 is 4.90 Å². The van der Waals surface area contributed by atoms with Crippen LogP contribution >= 0.6 is 0 Å². The first-order valence-corrected chi connectivity index (χ1v) is 7.89. The molecular formula is C20H23N3. The van der Waals surface area contributed by atoms with Crippen LogP contribution in [0.15, 0.2) is 59.7 Å². The second-order valence-corrected chi connectivity index (χ2v) is 6.55. The average Bonchev–Trinajstić information content (AvgIpc) is 2.53. The molecule has 0 atom stereocenters. The van der Waals surface area contributed by atoms with Crippen molar-refractivity contribution < 1.29 is 0 Å². The van der Waals surface area contributed by atoms with E-state index in [4.69, 9.17) is 0 Å². The number of para-hydroxylation sites is 1. The third-order valence-electron chi connectivity index (χ3n) is 4.42. The van der Waals surface area contributed by atoms with Crippen LogP contribution in [0, 0.1) is 0 Å². The Balaban J connectivity index is 1.83. The Labute approximate surface area is 138 Å². The van der Waals surface area contributed by atoms with Crippen LogP contribution in [-0.2, 0) is 0 Å². The van der Waals surface area contributed by atoms with Crippen molar-refractivity contribution in [2.75, 3.05) is 17.4 Å². The number of nitrogens with zero attached hydrogens (tertiary/aromatic N) is 2. The summed E-state index contributed by atoms with van der Waals surface area (Å²) in [6, 6.07) is 16.4. The van der Waals surface area contributed by atoms with Crippen molar-refractivity contribution in [1.82, 2.24) is 0 Å². The molecule has 3 nitrogen and oxygen atoms in total. The second-order valence-electron chi connectivity index (χ2n) is 6.55. The topological polar surface area (TPSA) is 27.6 Å². The van der Waals surface area contributed by atoms with E-state index in [2.05, 4.69) is 67.5 Å². The molecule has 0 spiro atoms. The fourth-order valence-corrected chi connectivity index (χ4v) is 2.95. The van der Waals surface area contributed by atoms with Gasteiger partial charge in [0.25, 0.3) is 0 Å². The zero-order valence-corrected chi connectivity index (χ0v) is 14.2. The smallest absolute Gasteiger partial charge is 0.0561 e. The fraction of sp³-hybridized carbons (Fsp3) is 0.250. The SMILES string of the molecule is CC1=CC(C)(C)N(C)c2ccc(/C=N\Nc3ccccc3)cc21. The molecule has 2 aromatic carbocycles. The molecular weight excluding hydrogens is 282 g/mol. The van der Waals surface area contributed by atoms with Crippen LogP contribution in [0.2, 0.25) is 0 Å². The number of hydrogen-bond acceptors (Lipinski definition) is 3. The molecule has 23 heavy (non-hydrogen) atoms. The van der Waals surface area contributed by atoms with Gasteiger partial charge in [0, 0.05) is 18.3 Å². The van der Waals surface area contributed by atoms with Gasteiger partial charge in [0.05, 0.1) is 17.4 Å². The number of fused-ring (bicyclic) bond motifs is 1. The van der Waals surface area contributed by atoms with E-state index in [1.165, 1.54) is 16.8 Å². The molecule has 0 radical (unpaired) electrons. The van der Waals surface area contributed by atoms with Crippen molar-refractivity contribution in [2.24, 2.45) is 5.10 Å². The van der Waals surface area contributed by atoms with Crippen molar-refractivity contribution in [3.63, 3.8) is 0 Å². The Bertz CT molecular complexity index is 758. The third kappa shape index (κ3) is 3.14. The van der Waals surface area contributed by atoms with Gasteiger partial charge in [-0.05, 0) is 56.2 Å². The van der Waals surface area contributed by atoms with Crippen LogP contribution < -0.4 is 10.3 Å². The number of hydrogen-bond donors (Lipinski definition) is 1. The summed E-state index contributed by atoms with van der Waals surface area (Å²) in [6.45, 7) is 6.65. The van der Waals surface area contributed by atoms with Crippen LogP contribution in [0.25, 0.3) is 5.57 Å². The summed E-state index contributed by atoms with van der Waals surface area (Å²) in [7, 11) is 2.15. The summed E-state index contributed by atoms with van der Waals surface area (Å²) in [5.41, 5.74) is 9.02. The summed E-state index contributed by atoms with van der Waals surface area (Å²) >= 11 is 0. The van der Waals surface area contributed by atoms with Gasteiger partial charge in [0.1, 0.15) is 0 Å². The Hall–Kier alpha value is -2.55. The van der Waals surface area contributed by atoms with Crippen LogP contribution in [0.5, 0.6) is 0 Å². The summed E-state index contributed by atoms with van der Waals surface area (Å²) in [5, 5.41) is 4.33. The van der Waals surface area contributed by atoms with Gasteiger partial charge >= 0.3 is 0 Å². The summed E-state index contributed by atoms with van der Waals surface area (Å²) in [6.07, 6.45) is 4.18. The number of benzene rings is 2. The zero-order chi connectivity index (χ0) is 16.4. The first kappa shape index (κ1) is 15.3. The second kappa shape index (κ2) is 5.92. The molecule has 118 valence electrons. The van der Waals surface area contributed by atoms with E-state index in [9.17, 15) is 0 Å². The lowest BCUT2D eigenvalue weighted by atomic mass is 9.89. The van der Waals surface area contributed by atoms with Crippen molar-refractivity contribution >= 4 is 23.2 Å². The van der Waals surface area contributed by atoms with Gasteiger partial charge in [-0.1, -0.05) is 30.3 Å². The Kier molecular flexibility index (Phi) is 3.95. The highest BCUT2D eigenvalue weighted by molar-refractivity contribution is 5.87. The Morgan fingerprint density at radius 2 is 1.83 bits per heavy atom. The standard InChI is InChI=1S/C20H23N3/c1-15-13-20(2,3)23(4)19-11-10-16(12-18(15)19)14-21-22-17-8-6-5-7-9-17/h5-14,22H,1-4H3/b21-14-. The molecule has 0 unspecified atom stereocenters. The van der Waals surface area contributed by atoms with Crippen molar-refractivity contribution in [2.45, 2.75) is 26.3 Å². The molecule has 0 saturated heterocycles. The lowest BCUT2D eigenvalue weighted by Crippen LogP contribution is -2.42. The quantitative estimate of drug-likeness (QED) is 0.653. The molecule has 1 N–H and O–H groups in total. The Morgan fingerprint density at radius 3 is 2.57 bits per heavy atom. The highest BCUT2D eigenvalue weighted by atomic mass is 15.3. The van der Waals surface area contributed by atoms with Crippen LogP contribution in [0.3, 0.4) is 0 Å². The predicted octanol–water partition coefficient (Wildman–Crippen LogP) is 4.76. The molecule has 2 aromatic rings. The maximum atomic E-state index is 4.33. The molecule has 0 aromatic heterocycles. The molecule has 0 fully saturated rings. The van der Waals surface area contributed by atoms with E-state index in [0.29, 0.717) is 0 Å². The van der Waals surface area contributed by atoms with Crippen molar-refractivity contribution in [3.05, 3.63) is 65.7 Å². The number of hydrazone groups is 1. The van der Waals surface area contributed by atoms with Crippen LogP contribution in [0.1, 0.15) is 31.9 Å². The molecule has 0 saturated carbocycles. The lowest BCUT2D eigenvalue weighted by molar-refractivity contribution is 0.598. The predicted molar refractivity (Wildman–Crippen MR) is 100 cm³/mol. The Morgan fingerprint density at radius 1 is 1.09 bits per heavy atom. The fourth-order valence-electron chi connectivity index (χ4n) is 2.95. The highest BCUT2D eigenvalue weighted by Crippen LogP contribution is 2.37. The average molecular weight is 305 g/mol. The third-order valence-corrected chi connectivity index (χ3v) is 4.42. The van der Waals surface area contributed by atoms with Crippen LogP contribution in [-0.4, -0.2) is 18.8 Å². The summed E-state index contributed by atoms with van der Waals surface area (Å²) in [5.74, 6) is 0. The van der Waals surface area contributed by atoms with E-state index in [-0.39, 0.29) is 5.54 Å². The molecule has 0 amide bonds. The van der Waals surface area contributed by atoms with Crippen LogP contribution in [0.4, 0.5) is 11.4 Å². The summed E-state index contributed by atoms with van der Waals surface area (Å²) in [4.78, 5) is 2.32. The lowest BCUT2D eigenvalue weighted by Gasteiger charge is -2.40. The molecule has 0 bridgehead atoms. The van der Waals surface area contributed by atoms with E-state index in [1.54, 1.807) is 0 Å². The van der Waals surface area contributed by atoms with Gasteiger partial charge in [-0.3, -0.25) is 5.43 Å². The largest absolute Gasteiger partial charge is 0.366 e. The van der Waals surface area contributed by atoms with Gasteiger partial charge in [-0.2, -0.15) is 5.10 Å². The minimum Gasteiger partial charge on any atom is -0.366 e. The van der Waals surface area contributed by atoms with Gasteiger partial charge in [0.2, 0.25) is 0 Å². The first-order chi connectivity index (χ1) is 11.0. The molecule has 1 heterocycles. The van der Waals surface area contributed by atoms with Gasteiger partial charge in [-0.15, -0.1) is 0 Å². The molecule has 0 aliphatic carbocycles. The zero-order valence-electron chi connectivity index (χ0n) is 14.2. The molecule has 1 aliphatic rings. The molecule has 3 heteroatoms. The minimum absolute atomic E-state index is 0.0432. The van der Waals surface area contributed by atoms with Crippen molar-refractivity contribution in [3.8, 4) is 0 Å². The molecule has 3 rings (SSSR count). The highest BCUT2D eigenvalue weighted by Gasteiger charge is 2.28. The van der Waals surface area contributed by atoms with Crippen molar-refractivity contribution in [1.29, 1.82) is 0 Å². The molecule has 1 aliphatic heterocycles. The normalized spacial score (nSPS) is 16.2. The van der Waals surface area contributed by atoms with Gasteiger partial charge in [0.15, 0.2) is 0 Å². The number of anilines is 2. The van der Waals surface area contributed by atoms with E-state index in [1.807, 2.05) is 36.5 Å². The number of nitrogens with one attached hydrogen (secondary N) is 1.